The lowest BCUT2D eigenvalue weighted by molar-refractivity contribution is -0.0166. The number of pyridine rings is 1. The number of ether oxygens (including phenoxy) is 1. The molecule has 0 unspecified atom stereocenters. The largest absolute Gasteiger partial charge is 0.374 e. The summed E-state index contributed by atoms with van der Waals surface area (Å²) in [5.74, 6) is 0. The smallest absolute Gasteiger partial charge is 0.319 e. The summed E-state index contributed by atoms with van der Waals surface area (Å²) < 4.78 is 5.64. The summed E-state index contributed by atoms with van der Waals surface area (Å²) >= 11 is 0. The number of hydrogen-bond acceptors (Lipinski definition) is 4. The molecule has 2 amide bonds. The summed E-state index contributed by atoms with van der Waals surface area (Å²) in [4.78, 5) is 18.6. The topological polar surface area (TPSA) is 66.5 Å². The Kier molecular flexibility index (Phi) is 6.57. The van der Waals surface area contributed by atoms with Crippen LogP contribution in [-0.2, 0) is 17.6 Å². The number of aromatic nitrogens is 1. The first-order valence-corrected chi connectivity index (χ1v) is 9.03. The Morgan fingerprint density at radius 3 is 2.81 bits per heavy atom. The molecule has 1 atom stereocenters. The van der Waals surface area contributed by atoms with E-state index in [0.29, 0.717) is 13.2 Å². The fourth-order valence-electron chi connectivity index (χ4n) is 2.95. The Labute approximate surface area is 154 Å². The molecule has 0 radical (unpaired) electrons. The molecular formula is C20H26N4O2. The minimum Gasteiger partial charge on any atom is -0.374 e. The maximum absolute atomic E-state index is 12.0. The van der Waals surface area contributed by atoms with E-state index in [1.807, 2.05) is 48.7 Å². The van der Waals surface area contributed by atoms with Gasteiger partial charge in [-0.1, -0.05) is 18.2 Å². The second-order valence-corrected chi connectivity index (χ2v) is 6.61. The highest BCUT2D eigenvalue weighted by Gasteiger charge is 2.18. The number of anilines is 1. The molecule has 6 heteroatoms. The van der Waals surface area contributed by atoms with Crippen LogP contribution in [0.2, 0.25) is 0 Å². The number of carbonyl (C=O) groups excluding carboxylic acids is 1. The van der Waals surface area contributed by atoms with Crippen LogP contribution in [-0.4, -0.2) is 55.3 Å². The van der Waals surface area contributed by atoms with E-state index < -0.39 is 0 Å². The van der Waals surface area contributed by atoms with Crippen molar-refractivity contribution in [2.75, 3.05) is 38.6 Å². The van der Waals surface area contributed by atoms with Crippen LogP contribution in [0.3, 0.4) is 0 Å². The highest BCUT2D eigenvalue weighted by molar-refractivity contribution is 5.89. The van der Waals surface area contributed by atoms with E-state index in [0.717, 1.165) is 37.3 Å². The maximum Gasteiger partial charge on any atom is 0.319 e. The quantitative estimate of drug-likeness (QED) is 0.835. The fourth-order valence-corrected chi connectivity index (χ4v) is 2.95. The van der Waals surface area contributed by atoms with Crippen LogP contribution in [0.4, 0.5) is 10.5 Å². The van der Waals surface area contributed by atoms with Crippen LogP contribution in [0.5, 0.6) is 0 Å². The number of hydrogen-bond donors (Lipinski definition) is 2. The van der Waals surface area contributed by atoms with E-state index in [4.69, 9.17) is 4.74 Å². The van der Waals surface area contributed by atoms with Crippen LogP contribution in [0, 0.1) is 0 Å². The summed E-state index contributed by atoms with van der Waals surface area (Å²) in [6.45, 7) is 3.00. The van der Waals surface area contributed by atoms with Crippen molar-refractivity contribution in [3.63, 3.8) is 0 Å². The van der Waals surface area contributed by atoms with Gasteiger partial charge >= 0.3 is 6.03 Å². The molecule has 3 rings (SSSR count). The first-order valence-electron chi connectivity index (χ1n) is 9.03. The molecule has 0 aliphatic carbocycles. The van der Waals surface area contributed by atoms with Gasteiger partial charge in [-0.3, -0.25) is 4.98 Å². The third kappa shape index (κ3) is 5.82. The molecule has 2 aromatic rings. The molecule has 26 heavy (non-hydrogen) atoms. The van der Waals surface area contributed by atoms with Gasteiger partial charge in [0.1, 0.15) is 0 Å². The number of nitrogens with zero attached hydrogens (tertiary/aromatic N) is 2. The molecule has 1 aliphatic heterocycles. The van der Waals surface area contributed by atoms with E-state index in [9.17, 15) is 4.79 Å². The molecular weight excluding hydrogens is 328 g/mol. The number of benzene rings is 1. The minimum absolute atomic E-state index is 0.0495. The Balaban J connectivity index is 1.41. The zero-order chi connectivity index (χ0) is 18.2. The summed E-state index contributed by atoms with van der Waals surface area (Å²) in [5, 5.41) is 5.73. The predicted octanol–water partition coefficient (Wildman–Crippen LogP) is 2.32. The Morgan fingerprint density at radius 1 is 1.23 bits per heavy atom. The SMILES string of the molecule is CN1CCO[C@H](CNC(=O)Nc2ccc(CCc3ccccn3)cc2)C1. The van der Waals surface area contributed by atoms with E-state index in [-0.39, 0.29) is 12.1 Å². The molecule has 2 heterocycles. The first kappa shape index (κ1) is 18.4. The van der Waals surface area contributed by atoms with Gasteiger partial charge in [0.2, 0.25) is 0 Å². The number of aryl methyl sites for hydroxylation is 2. The van der Waals surface area contributed by atoms with Gasteiger partial charge in [-0.05, 0) is 49.7 Å². The van der Waals surface area contributed by atoms with Crippen molar-refractivity contribution in [3.8, 4) is 0 Å². The first-order chi connectivity index (χ1) is 12.7. The molecule has 0 spiro atoms. The molecule has 1 aliphatic rings. The summed E-state index contributed by atoms with van der Waals surface area (Å²) in [6, 6.07) is 13.7. The zero-order valence-electron chi connectivity index (χ0n) is 15.1. The third-order valence-electron chi connectivity index (χ3n) is 4.44. The Hall–Kier alpha value is -2.44. The highest BCUT2D eigenvalue weighted by Crippen LogP contribution is 2.12. The lowest BCUT2D eigenvalue weighted by Gasteiger charge is -2.30. The van der Waals surface area contributed by atoms with E-state index in [1.165, 1.54) is 5.56 Å². The van der Waals surface area contributed by atoms with Crippen molar-refractivity contribution >= 4 is 11.7 Å². The molecule has 1 fully saturated rings. The fraction of sp³-hybridized carbons (Fsp3) is 0.400. The van der Waals surface area contributed by atoms with Crippen LogP contribution in [0.25, 0.3) is 0 Å². The Morgan fingerprint density at radius 2 is 2.08 bits per heavy atom. The number of amides is 2. The molecule has 138 valence electrons. The molecule has 0 saturated carbocycles. The number of likely N-dealkylation sites (N-methyl/N-ethyl adjacent to an activating group) is 1. The number of nitrogens with one attached hydrogen (secondary N) is 2. The number of urea groups is 1. The van der Waals surface area contributed by atoms with Crippen molar-refractivity contribution in [1.29, 1.82) is 0 Å². The molecule has 0 bridgehead atoms. The molecule has 1 aromatic heterocycles. The van der Waals surface area contributed by atoms with Gasteiger partial charge in [-0.15, -0.1) is 0 Å². The van der Waals surface area contributed by atoms with E-state index >= 15 is 0 Å². The number of morpholine rings is 1. The minimum atomic E-state index is -0.205. The third-order valence-corrected chi connectivity index (χ3v) is 4.44. The lowest BCUT2D eigenvalue weighted by Crippen LogP contribution is -2.46. The zero-order valence-corrected chi connectivity index (χ0v) is 15.1. The number of rotatable bonds is 6. The van der Waals surface area contributed by atoms with Gasteiger partial charge in [0, 0.05) is 37.2 Å². The van der Waals surface area contributed by atoms with Crippen LogP contribution < -0.4 is 10.6 Å². The average molecular weight is 354 g/mol. The second-order valence-electron chi connectivity index (χ2n) is 6.61. The van der Waals surface area contributed by atoms with E-state index in [2.05, 4.69) is 27.6 Å². The van der Waals surface area contributed by atoms with Gasteiger partial charge < -0.3 is 20.3 Å². The normalized spacial score (nSPS) is 17.7. The van der Waals surface area contributed by atoms with Crippen molar-refractivity contribution in [3.05, 3.63) is 59.9 Å². The summed E-state index contributed by atoms with van der Waals surface area (Å²) in [7, 11) is 2.06. The average Bonchev–Trinajstić information content (AvgIpc) is 2.67. The number of carbonyl (C=O) groups is 1. The van der Waals surface area contributed by atoms with Gasteiger partial charge in [-0.25, -0.2) is 4.79 Å². The van der Waals surface area contributed by atoms with Crippen molar-refractivity contribution in [1.82, 2.24) is 15.2 Å². The highest BCUT2D eigenvalue weighted by atomic mass is 16.5. The maximum atomic E-state index is 12.0. The lowest BCUT2D eigenvalue weighted by atomic mass is 10.1. The van der Waals surface area contributed by atoms with Crippen LogP contribution >= 0.6 is 0 Å². The molecule has 2 N–H and O–H groups in total. The predicted molar refractivity (Wildman–Crippen MR) is 102 cm³/mol. The van der Waals surface area contributed by atoms with Gasteiger partial charge in [0.15, 0.2) is 0 Å². The van der Waals surface area contributed by atoms with Crippen molar-refractivity contribution < 1.29 is 9.53 Å². The van der Waals surface area contributed by atoms with Gasteiger partial charge in [0.25, 0.3) is 0 Å². The second kappa shape index (κ2) is 9.31. The summed E-state index contributed by atoms with van der Waals surface area (Å²) in [6.07, 6.45) is 3.70. The van der Waals surface area contributed by atoms with Crippen molar-refractivity contribution in [2.45, 2.75) is 18.9 Å². The van der Waals surface area contributed by atoms with Crippen LogP contribution in [0.15, 0.2) is 48.7 Å². The Bertz CT molecular complexity index is 691. The van der Waals surface area contributed by atoms with Gasteiger partial charge in [-0.2, -0.15) is 0 Å². The van der Waals surface area contributed by atoms with Crippen molar-refractivity contribution in [2.24, 2.45) is 0 Å². The standard InChI is InChI=1S/C20H26N4O2/c1-24-12-13-26-19(15-24)14-22-20(25)23-18-9-6-16(7-10-18)5-8-17-4-2-3-11-21-17/h2-4,6-7,9-11,19H,5,8,12-15H2,1H3,(H2,22,23,25)/t19-/m1/s1. The van der Waals surface area contributed by atoms with Gasteiger partial charge in [0.05, 0.1) is 12.7 Å². The molecule has 6 nitrogen and oxygen atoms in total. The van der Waals surface area contributed by atoms with Crippen LogP contribution in [0.1, 0.15) is 11.3 Å². The molecule has 1 saturated heterocycles. The van der Waals surface area contributed by atoms with E-state index in [1.54, 1.807) is 0 Å². The summed E-state index contributed by atoms with van der Waals surface area (Å²) in [5.41, 5.74) is 3.09. The molecule has 1 aromatic carbocycles. The monoisotopic (exact) mass is 354 g/mol.